The minimum Gasteiger partial charge on any atom is -0.365 e. The summed E-state index contributed by atoms with van der Waals surface area (Å²) in [6, 6.07) is 5.33. The summed E-state index contributed by atoms with van der Waals surface area (Å²) in [5.41, 5.74) is 4.07. The zero-order valence-corrected chi connectivity index (χ0v) is 12.7. The quantitative estimate of drug-likeness (QED) is 0.768. The summed E-state index contributed by atoms with van der Waals surface area (Å²) in [5, 5.41) is 5.50. The van der Waals surface area contributed by atoms with E-state index in [1.54, 1.807) is 19.2 Å². The van der Waals surface area contributed by atoms with Gasteiger partial charge in [-0.05, 0) is 30.5 Å². The summed E-state index contributed by atoms with van der Waals surface area (Å²) in [7, 11) is 1.73. The van der Waals surface area contributed by atoms with Crippen LogP contribution in [0.15, 0.2) is 18.2 Å². The van der Waals surface area contributed by atoms with Gasteiger partial charge in [-0.2, -0.15) is 0 Å². The maximum absolute atomic E-state index is 12.4. The molecule has 0 radical (unpaired) electrons. The number of carbonyl (C=O) groups excluding carboxylic acids is 1. The monoisotopic (exact) mass is 281 g/mol. The summed E-state index contributed by atoms with van der Waals surface area (Å²) in [5.74, 6) is -0.0991. The van der Waals surface area contributed by atoms with Crippen molar-refractivity contribution in [3.05, 3.63) is 28.8 Å². The molecule has 0 fully saturated rings. The van der Waals surface area contributed by atoms with Crippen LogP contribution in [-0.2, 0) is 0 Å². The van der Waals surface area contributed by atoms with Crippen molar-refractivity contribution >= 4 is 23.2 Å². The van der Waals surface area contributed by atoms with E-state index in [1.165, 1.54) is 5.01 Å². The summed E-state index contributed by atoms with van der Waals surface area (Å²) >= 11 is 5.99. The molecule has 1 heterocycles. The van der Waals surface area contributed by atoms with Gasteiger partial charge in [-0.3, -0.25) is 9.80 Å². The van der Waals surface area contributed by atoms with Crippen molar-refractivity contribution in [3.8, 4) is 0 Å². The van der Waals surface area contributed by atoms with Crippen LogP contribution in [0.1, 0.15) is 38.1 Å². The molecule has 0 saturated carbocycles. The number of rotatable bonds is 0. The van der Waals surface area contributed by atoms with Crippen LogP contribution in [0, 0.1) is 5.41 Å². The Morgan fingerprint density at radius 1 is 1.32 bits per heavy atom. The largest absolute Gasteiger partial charge is 0.365 e. The molecular weight excluding hydrogens is 262 g/mol. The lowest BCUT2D eigenvalue weighted by atomic mass is 9.81. The minimum absolute atomic E-state index is 0.0945. The molecule has 0 aromatic heterocycles. The Morgan fingerprint density at radius 2 is 1.95 bits per heavy atom. The molecule has 0 bridgehead atoms. The van der Waals surface area contributed by atoms with Crippen molar-refractivity contribution < 1.29 is 4.79 Å². The molecule has 104 valence electrons. The normalized spacial score (nSPS) is 23.7. The molecule has 2 N–H and O–H groups in total. The lowest BCUT2D eigenvalue weighted by molar-refractivity contribution is 0.0504. The van der Waals surface area contributed by atoms with E-state index < -0.39 is 5.66 Å². The van der Waals surface area contributed by atoms with Gasteiger partial charge >= 0.3 is 0 Å². The molecule has 1 aliphatic heterocycles. The molecule has 1 amide bonds. The highest BCUT2D eigenvalue weighted by Gasteiger charge is 2.42. The van der Waals surface area contributed by atoms with Gasteiger partial charge in [-0.15, -0.1) is 0 Å². The standard InChI is InChI=1S/C14H20ClN3O/c1-13(2,3)14(4)16-11-7-6-9(15)8-10(11)12(19)18(5)17-14/h6-8,16-17H,1-5H3. The van der Waals surface area contributed by atoms with Crippen LogP contribution in [0.25, 0.3) is 0 Å². The molecule has 1 unspecified atom stereocenters. The first-order valence-electron chi connectivity index (χ1n) is 6.28. The van der Waals surface area contributed by atoms with Gasteiger partial charge in [0, 0.05) is 17.8 Å². The van der Waals surface area contributed by atoms with E-state index in [0.717, 1.165) is 5.69 Å². The molecule has 1 aromatic rings. The fourth-order valence-corrected chi connectivity index (χ4v) is 2.19. The second-order valence-corrected chi connectivity index (χ2v) is 6.60. The van der Waals surface area contributed by atoms with Gasteiger partial charge in [0.1, 0.15) is 5.66 Å². The van der Waals surface area contributed by atoms with Gasteiger partial charge < -0.3 is 5.32 Å². The van der Waals surface area contributed by atoms with Crippen molar-refractivity contribution in [3.63, 3.8) is 0 Å². The Bertz CT molecular complexity index is 524. The Kier molecular flexibility index (Phi) is 3.27. The number of fused-ring (bicyclic) bond motifs is 1. The highest BCUT2D eigenvalue weighted by Crippen LogP contribution is 2.35. The molecule has 2 rings (SSSR count). The minimum atomic E-state index is -0.448. The molecule has 19 heavy (non-hydrogen) atoms. The van der Waals surface area contributed by atoms with Crippen LogP contribution in [-0.4, -0.2) is 23.6 Å². The first-order valence-corrected chi connectivity index (χ1v) is 6.65. The number of anilines is 1. The molecular formula is C14H20ClN3O. The van der Waals surface area contributed by atoms with Crippen LogP contribution in [0.5, 0.6) is 0 Å². The number of carbonyl (C=O) groups is 1. The Labute approximate surface area is 119 Å². The molecule has 0 saturated heterocycles. The summed E-state index contributed by atoms with van der Waals surface area (Å²) in [6.07, 6.45) is 0. The first kappa shape index (κ1) is 14.2. The van der Waals surface area contributed by atoms with Crippen molar-refractivity contribution in [1.29, 1.82) is 0 Å². The van der Waals surface area contributed by atoms with Crippen LogP contribution in [0.3, 0.4) is 0 Å². The van der Waals surface area contributed by atoms with Crippen LogP contribution >= 0.6 is 11.6 Å². The maximum atomic E-state index is 12.4. The Morgan fingerprint density at radius 3 is 2.53 bits per heavy atom. The number of hydrazine groups is 1. The smallest absolute Gasteiger partial charge is 0.269 e. The number of benzene rings is 1. The zero-order valence-electron chi connectivity index (χ0n) is 12.0. The van der Waals surface area contributed by atoms with Crippen molar-refractivity contribution in [2.45, 2.75) is 33.4 Å². The second-order valence-electron chi connectivity index (χ2n) is 6.17. The molecule has 4 nitrogen and oxygen atoms in total. The molecule has 5 heteroatoms. The van der Waals surface area contributed by atoms with Crippen LogP contribution in [0.2, 0.25) is 5.02 Å². The van der Waals surface area contributed by atoms with Crippen molar-refractivity contribution in [2.75, 3.05) is 12.4 Å². The van der Waals surface area contributed by atoms with E-state index in [9.17, 15) is 4.79 Å². The summed E-state index contributed by atoms with van der Waals surface area (Å²) in [6.45, 7) is 8.39. The topological polar surface area (TPSA) is 44.4 Å². The average Bonchev–Trinajstić information content (AvgIpc) is 2.37. The molecule has 1 atom stereocenters. The predicted octanol–water partition coefficient (Wildman–Crippen LogP) is 3.10. The van der Waals surface area contributed by atoms with E-state index in [-0.39, 0.29) is 11.3 Å². The van der Waals surface area contributed by atoms with E-state index in [2.05, 4.69) is 31.5 Å². The summed E-state index contributed by atoms with van der Waals surface area (Å²) in [4.78, 5) is 12.4. The maximum Gasteiger partial charge on any atom is 0.269 e. The van der Waals surface area contributed by atoms with E-state index in [1.807, 2.05) is 13.0 Å². The number of nitrogens with one attached hydrogen (secondary N) is 2. The highest BCUT2D eigenvalue weighted by atomic mass is 35.5. The third-order valence-electron chi connectivity index (χ3n) is 3.79. The third-order valence-corrected chi connectivity index (χ3v) is 4.03. The van der Waals surface area contributed by atoms with Crippen molar-refractivity contribution in [1.82, 2.24) is 10.4 Å². The summed E-state index contributed by atoms with van der Waals surface area (Å²) < 4.78 is 0. The highest BCUT2D eigenvalue weighted by molar-refractivity contribution is 6.31. The number of halogens is 1. The second kappa shape index (κ2) is 4.39. The molecule has 0 aliphatic carbocycles. The Balaban J connectivity index is 2.56. The first-order chi connectivity index (χ1) is 8.64. The van der Waals surface area contributed by atoms with E-state index >= 15 is 0 Å². The predicted molar refractivity (Wildman–Crippen MR) is 78.2 cm³/mol. The zero-order chi connectivity index (χ0) is 14.4. The fourth-order valence-electron chi connectivity index (χ4n) is 2.02. The number of amides is 1. The fraction of sp³-hybridized carbons (Fsp3) is 0.500. The van der Waals surface area contributed by atoms with E-state index in [4.69, 9.17) is 11.6 Å². The lowest BCUT2D eigenvalue weighted by Crippen LogP contribution is -2.62. The van der Waals surface area contributed by atoms with Crippen molar-refractivity contribution in [2.24, 2.45) is 5.41 Å². The number of hydrogen-bond acceptors (Lipinski definition) is 3. The average molecular weight is 282 g/mol. The van der Waals surface area contributed by atoms with Gasteiger partial charge in [0.15, 0.2) is 0 Å². The van der Waals surface area contributed by atoms with Gasteiger partial charge in [0.2, 0.25) is 0 Å². The third kappa shape index (κ3) is 2.42. The van der Waals surface area contributed by atoms with Crippen LogP contribution in [0.4, 0.5) is 5.69 Å². The van der Waals surface area contributed by atoms with Gasteiger partial charge in [-0.25, -0.2) is 5.43 Å². The van der Waals surface area contributed by atoms with Gasteiger partial charge in [0.25, 0.3) is 5.91 Å². The number of hydrogen-bond donors (Lipinski definition) is 2. The van der Waals surface area contributed by atoms with Gasteiger partial charge in [-0.1, -0.05) is 32.4 Å². The lowest BCUT2D eigenvalue weighted by Gasteiger charge is -2.44. The molecule has 1 aromatic carbocycles. The Hall–Kier alpha value is -1.26. The van der Waals surface area contributed by atoms with E-state index in [0.29, 0.717) is 10.6 Å². The van der Waals surface area contributed by atoms with Gasteiger partial charge in [0.05, 0.1) is 5.56 Å². The SMILES string of the molecule is CN1NC(C)(C(C)(C)C)Nc2ccc(Cl)cc2C1=O. The van der Waals surface area contributed by atoms with Crippen LogP contribution < -0.4 is 10.7 Å². The molecule has 0 spiro atoms. The number of nitrogens with zero attached hydrogens (tertiary/aromatic N) is 1. The molecule has 1 aliphatic rings.